The maximum absolute atomic E-state index is 14.4. The quantitative estimate of drug-likeness (QED) is 0.337. The molecule has 0 aromatic heterocycles. The van der Waals surface area contributed by atoms with E-state index in [1.165, 1.54) is 11.1 Å². The van der Waals surface area contributed by atoms with Crippen molar-refractivity contribution in [3.05, 3.63) is 65.9 Å². The van der Waals surface area contributed by atoms with Gasteiger partial charge in [0.15, 0.2) is 0 Å². The molecule has 3 N–H and O–H groups in total. The summed E-state index contributed by atoms with van der Waals surface area (Å²) in [4.78, 5) is 59.2. The van der Waals surface area contributed by atoms with Crippen molar-refractivity contribution in [3.8, 4) is 11.5 Å². The van der Waals surface area contributed by atoms with Gasteiger partial charge in [0.05, 0.1) is 13.2 Å². The summed E-state index contributed by atoms with van der Waals surface area (Å²) in [5, 5.41) is 8.79. The first-order chi connectivity index (χ1) is 22.9. The molecule has 2 aliphatic rings. The average molecular weight is 662 g/mol. The minimum atomic E-state index is -1.03. The third-order valence-corrected chi connectivity index (χ3v) is 9.18. The smallest absolute Gasteiger partial charge is 0.247 e. The standard InChI is InChI=1S/C37H51N5O6/c1-8-24(4)32-35(44)38-18-16-26-22-27(14-15-30(26)47-7)48-31-17-19-42(33(31)36(45)40-32)37(46)28(20-23(2)3)39-34(43)29(41(5)6)21-25-12-10-9-11-13-25/h9-16,18,22-24,28-29,31-33H,8,17,19-21H2,1-7H3,(H,38,44)(H,39,43)(H,40,45)/b18-16+. The molecule has 2 aromatic carbocycles. The molecule has 4 amide bonds. The van der Waals surface area contributed by atoms with Crippen molar-refractivity contribution in [2.75, 3.05) is 27.7 Å². The van der Waals surface area contributed by atoms with Gasteiger partial charge in [-0.3, -0.25) is 24.1 Å². The Bertz CT molecular complexity index is 1460. The first kappa shape index (κ1) is 36.5. The summed E-state index contributed by atoms with van der Waals surface area (Å²) in [6.45, 7) is 8.08. The lowest BCUT2D eigenvalue weighted by molar-refractivity contribution is -0.144. The van der Waals surface area contributed by atoms with Gasteiger partial charge in [0.1, 0.15) is 35.7 Å². The van der Waals surface area contributed by atoms with E-state index in [-0.39, 0.29) is 36.1 Å². The zero-order chi connectivity index (χ0) is 35.0. The van der Waals surface area contributed by atoms with Crippen LogP contribution in [0.2, 0.25) is 0 Å². The molecule has 4 rings (SSSR count). The van der Waals surface area contributed by atoms with Gasteiger partial charge < -0.3 is 30.3 Å². The SMILES string of the molecule is CCC(C)C1NC(=O)C2C(CCN2C(=O)C(CC(C)C)NC(=O)C(Cc2ccccc2)N(C)C)Oc2ccc(OC)c(c2)/C=C/NC1=O. The lowest BCUT2D eigenvalue weighted by Crippen LogP contribution is -2.60. The fourth-order valence-corrected chi connectivity index (χ4v) is 6.29. The van der Waals surface area contributed by atoms with Gasteiger partial charge in [-0.15, -0.1) is 0 Å². The van der Waals surface area contributed by atoms with Gasteiger partial charge in [0, 0.05) is 24.7 Å². The van der Waals surface area contributed by atoms with Gasteiger partial charge in [-0.1, -0.05) is 64.4 Å². The molecule has 11 heteroatoms. The van der Waals surface area contributed by atoms with Crippen LogP contribution in [0.3, 0.4) is 0 Å². The molecule has 260 valence electrons. The Hall–Kier alpha value is -4.38. The number of methoxy groups -OCH3 is 1. The van der Waals surface area contributed by atoms with Gasteiger partial charge >= 0.3 is 0 Å². The van der Waals surface area contributed by atoms with Gasteiger partial charge in [-0.05, 0) is 68.6 Å². The molecule has 0 aliphatic carbocycles. The van der Waals surface area contributed by atoms with E-state index in [0.717, 1.165) is 5.56 Å². The molecule has 48 heavy (non-hydrogen) atoms. The summed E-state index contributed by atoms with van der Waals surface area (Å²) in [6.07, 6.45) is 4.45. The van der Waals surface area contributed by atoms with Crippen LogP contribution in [0.25, 0.3) is 6.08 Å². The Morgan fingerprint density at radius 2 is 1.81 bits per heavy atom. The van der Waals surface area contributed by atoms with Crippen LogP contribution in [0.5, 0.6) is 11.5 Å². The highest BCUT2D eigenvalue weighted by Crippen LogP contribution is 2.30. The Balaban J connectivity index is 1.67. The molecule has 6 atom stereocenters. The number of benzene rings is 2. The van der Waals surface area contributed by atoms with Gasteiger partial charge in [-0.2, -0.15) is 0 Å². The second-order valence-electron chi connectivity index (χ2n) is 13.4. The van der Waals surface area contributed by atoms with Crippen LogP contribution in [0.15, 0.2) is 54.7 Å². The van der Waals surface area contributed by atoms with E-state index >= 15 is 0 Å². The van der Waals surface area contributed by atoms with Crippen molar-refractivity contribution >= 4 is 29.7 Å². The number of carbonyl (C=O) groups is 4. The number of likely N-dealkylation sites (N-methyl/N-ethyl adjacent to an activating group) is 1. The topological polar surface area (TPSA) is 129 Å². The van der Waals surface area contributed by atoms with Crippen molar-refractivity contribution in [3.63, 3.8) is 0 Å². The molecule has 1 fully saturated rings. The highest BCUT2D eigenvalue weighted by atomic mass is 16.5. The molecular weight excluding hydrogens is 610 g/mol. The molecule has 1 saturated heterocycles. The third-order valence-electron chi connectivity index (χ3n) is 9.18. The fourth-order valence-electron chi connectivity index (χ4n) is 6.29. The van der Waals surface area contributed by atoms with Gasteiger partial charge in [-0.25, -0.2) is 0 Å². The van der Waals surface area contributed by atoms with E-state index in [4.69, 9.17) is 9.47 Å². The van der Waals surface area contributed by atoms with Crippen molar-refractivity contribution < 1.29 is 28.7 Å². The molecule has 2 bridgehead atoms. The Morgan fingerprint density at radius 3 is 2.46 bits per heavy atom. The number of amides is 4. The number of nitrogens with one attached hydrogen (secondary N) is 3. The van der Waals surface area contributed by atoms with Crippen LogP contribution < -0.4 is 25.4 Å². The van der Waals surface area contributed by atoms with Crippen molar-refractivity contribution in [1.82, 2.24) is 25.8 Å². The average Bonchev–Trinajstić information content (AvgIpc) is 3.48. The lowest BCUT2D eigenvalue weighted by atomic mass is 9.97. The lowest BCUT2D eigenvalue weighted by Gasteiger charge is -2.33. The van der Waals surface area contributed by atoms with Crippen LogP contribution in [-0.4, -0.2) is 91.4 Å². The van der Waals surface area contributed by atoms with Crippen molar-refractivity contribution in [2.45, 2.75) is 83.6 Å². The number of ether oxygens (including phenoxy) is 2. The highest BCUT2D eigenvalue weighted by molar-refractivity contribution is 5.96. The van der Waals surface area contributed by atoms with Crippen LogP contribution in [-0.2, 0) is 25.6 Å². The summed E-state index contributed by atoms with van der Waals surface area (Å²) < 4.78 is 11.9. The second-order valence-corrected chi connectivity index (χ2v) is 13.4. The van der Waals surface area contributed by atoms with Crippen molar-refractivity contribution in [1.29, 1.82) is 0 Å². The first-order valence-electron chi connectivity index (χ1n) is 16.9. The molecule has 2 aliphatic heterocycles. The first-order valence-corrected chi connectivity index (χ1v) is 16.9. The molecular formula is C37H51N5O6. The number of hydrogen-bond acceptors (Lipinski definition) is 7. The molecule has 6 unspecified atom stereocenters. The van der Waals surface area contributed by atoms with Gasteiger partial charge in [0.25, 0.3) is 0 Å². The maximum Gasteiger partial charge on any atom is 0.247 e. The van der Waals surface area contributed by atoms with E-state index in [2.05, 4.69) is 16.0 Å². The molecule has 2 heterocycles. The van der Waals surface area contributed by atoms with E-state index in [9.17, 15) is 19.2 Å². The van der Waals surface area contributed by atoms with Crippen LogP contribution in [0.4, 0.5) is 0 Å². The molecule has 11 nitrogen and oxygen atoms in total. The maximum atomic E-state index is 14.4. The second kappa shape index (κ2) is 16.6. The Labute approximate surface area is 284 Å². The third kappa shape index (κ3) is 8.94. The number of hydrogen-bond donors (Lipinski definition) is 3. The summed E-state index contributed by atoms with van der Waals surface area (Å²) in [5.41, 5.74) is 1.69. The molecule has 0 saturated carbocycles. The number of carbonyl (C=O) groups excluding carboxylic acids is 4. The fraction of sp³-hybridized carbons (Fsp3) is 0.514. The van der Waals surface area contributed by atoms with E-state index in [1.807, 2.05) is 77.0 Å². The predicted octanol–water partition coefficient (Wildman–Crippen LogP) is 3.38. The van der Waals surface area contributed by atoms with E-state index < -0.39 is 36.2 Å². The zero-order valence-corrected chi connectivity index (χ0v) is 29.2. The number of likely N-dealkylation sites (tertiary alicyclic amines) is 1. The van der Waals surface area contributed by atoms with E-state index in [0.29, 0.717) is 42.7 Å². The molecule has 2 aromatic rings. The highest BCUT2D eigenvalue weighted by Gasteiger charge is 2.46. The Kier molecular flexibility index (Phi) is 12.6. The van der Waals surface area contributed by atoms with E-state index in [1.54, 1.807) is 31.4 Å². The summed E-state index contributed by atoms with van der Waals surface area (Å²) in [6, 6.07) is 11.8. The zero-order valence-electron chi connectivity index (χ0n) is 29.2. The van der Waals surface area contributed by atoms with Crippen molar-refractivity contribution in [2.24, 2.45) is 11.8 Å². The number of rotatable bonds is 11. The summed E-state index contributed by atoms with van der Waals surface area (Å²) in [7, 11) is 5.25. The van der Waals surface area contributed by atoms with Crippen LogP contribution in [0, 0.1) is 11.8 Å². The summed E-state index contributed by atoms with van der Waals surface area (Å²) >= 11 is 0. The van der Waals surface area contributed by atoms with Crippen LogP contribution >= 0.6 is 0 Å². The van der Waals surface area contributed by atoms with Crippen LogP contribution in [0.1, 0.15) is 58.1 Å². The monoisotopic (exact) mass is 661 g/mol. The Morgan fingerprint density at radius 1 is 1.08 bits per heavy atom. The largest absolute Gasteiger partial charge is 0.496 e. The predicted molar refractivity (Wildman–Crippen MR) is 185 cm³/mol. The molecule has 0 spiro atoms. The normalized spacial score (nSPS) is 22.1. The minimum Gasteiger partial charge on any atom is -0.496 e. The summed E-state index contributed by atoms with van der Waals surface area (Å²) in [5.74, 6) is -0.480. The minimum absolute atomic E-state index is 0.0819. The van der Waals surface area contributed by atoms with Gasteiger partial charge in [0.2, 0.25) is 23.6 Å². The number of fused-ring (bicyclic) bond motifs is 3. The molecule has 0 radical (unpaired) electrons. The number of nitrogens with zero attached hydrogens (tertiary/aromatic N) is 2.